The second kappa shape index (κ2) is 12.9. The van der Waals surface area contributed by atoms with E-state index in [1.54, 1.807) is 7.05 Å². The van der Waals surface area contributed by atoms with Crippen molar-refractivity contribution in [2.45, 2.75) is 82.8 Å². The molecule has 7 heteroatoms. The minimum Gasteiger partial charge on any atom is -0.376 e. The van der Waals surface area contributed by atoms with Gasteiger partial charge in [-0.1, -0.05) is 38.5 Å². The normalized spacial score (nSPS) is 24.7. The topological polar surface area (TPSA) is 66.0 Å². The molecule has 28 heavy (non-hydrogen) atoms. The third-order valence-electron chi connectivity index (χ3n) is 6.32. The highest BCUT2D eigenvalue weighted by molar-refractivity contribution is 14.0. The lowest BCUT2D eigenvalue weighted by Gasteiger charge is -2.22. The van der Waals surface area contributed by atoms with Gasteiger partial charge in [0.2, 0.25) is 5.91 Å². The number of carbonyl (C=O) groups is 1. The van der Waals surface area contributed by atoms with Gasteiger partial charge in [0.15, 0.2) is 5.96 Å². The molecule has 3 rings (SSSR count). The molecule has 1 atom stereocenters. The molecule has 1 aliphatic heterocycles. The van der Waals surface area contributed by atoms with E-state index in [1.165, 1.54) is 51.4 Å². The van der Waals surface area contributed by atoms with Crippen LogP contribution in [0.15, 0.2) is 4.99 Å². The Morgan fingerprint density at radius 1 is 1.04 bits per heavy atom. The summed E-state index contributed by atoms with van der Waals surface area (Å²) in [6.07, 6.45) is 13.8. The van der Waals surface area contributed by atoms with Gasteiger partial charge in [0.25, 0.3) is 0 Å². The molecule has 0 aromatic heterocycles. The summed E-state index contributed by atoms with van der Waals surface area (Å²) in [5, 5.41) is 6.84. The maximum absolute atomic E-state index is 12.6. The van der Waals surface area contributed by atoms with Crippen LogP contribution in [0.3, 0.4) is 0 Å². The maximum Gasteiger partial charge on any atom is 0.225 e. The monoisotopic (exact) mass is 506 g/mol. The zero-order chi connectivity index (χ0) is 18.9. The molecule has 3 fully saturated rings. The molecule has 0 bridgehead atoms. The Kier molecular flexibility index (Phi) is 10.9. The number of rotatable bonds is 6. The molecule has 1 heterocycles. The predicted molar refractivity (Wildman–Crippen MR) is 124 cm³/mol. The molecule has 0 radical (unpaired) electrons. The molecule has 0 aromatic rings. The Balaban J connectivity index is 0.00000280. The molecule has 3 aliphatic rings. The average Bonchev–Trinajstić information content (AvgIpc) is 3.32. The smallest absolute Gasteiger partial charge is 0.225 e. The summed E-state index contributed by atoms with van der Waals surface area (Å²) in [6.45, 7) is 3.17. The highest BCUT2D eigenvalue weighted by Crippen LogP contribution is 2.27. The lowest BCUT2D eigenvalue weighted by molar-refractivity contribution is -0.134. The number of halogens is 1. The summed E-state index contributed by atoms with van der Waals surface area (Å²) >= 11 is 0. The molecule has 1 unspecified atom stereocenters. The molecule has 2 aliphatic carbocycles. The fourth-order valence-corrected chi connectivity index (χ4v) is 4.70. The number of hydrogen-bond acceptors (Lipinski definition) is 3. The van der Waals surface area contributed by atoms with Gasteiger partial charge in [0.05, 0.1) is 12.7 Å². The molecular formula is C21H39IN4O2. The molecule has 162 valence electrons. The van der Waals surface area contributed by atoms with E-state index in [4.69, 9.17) is 4.74 Å². The minimum atomic E-state index is 0. The molecular weight excluding hydrogens is 467 g/mol. The number of ether oxygens (including phenoxy) is 1. The Hall–Kier alpha value is -0.570. The minimum absolute atomic E-state index is 0. The SMILES string of the molecule is CN=C(NCCOC1CCCCCC1)NC1CCN(C(=O)C2CCCC2)C1.I. The number of guanidine groups is 1. The summed E-state index contributed by atoms with van der Waals surface area (Å²) < 4.78 is 6.04. The zero-order valence-electron chi connectivity index (χ0n) is 17.5. The van der Waals surface area contributed by atoms with Gasteiger partial charge in [-0.2, -0.15) is 0 Å². The summed E-state index contributed by atoms with van der Waals surface area (Å²) in [5.41, 5.74) is 0. The van der Waals surface area contributed by atoms with Crippen LogP contribution in [-0.2, 0) is 9.53 Å². The van der Waals surface area contributed by atoms with Crippen LogP contribution in [0.25, 0.3) is 0 Å². The van der Waals surface area contributed by atoms with E-state index in [0.717, 1.165) is 51.5 Å². The highest BCUT2D eigenvalue weighted by Gasteiger charge is 2.32. The van der Waals surface area contributed by atoms with Gasteiger partial charge in [-0.05, 0) is 32.1 Å². The number of amides is 1. The van der Waals surface area contributed by atoms with Gasteiger partial charge in [0, 0.05) is 38.6 Å². The Bertz CT molecular complexity index is 489. The highest BCUT2D eigenvalue weighted by atomic mass is 127. The first kappa shape index (κ1) is 23.7. The average molecular weight is 506 g/mol. The maximum atomic E-state index is 12.6. The van der Waals surface area contributed by atoms with Crippen molar-refractivity contribution < 1.29 is 9.53 Å². The van der Waals surface area contributed by atoms with E-state index >= 15 is 0 Å². The number of carbonyl (C=O) groups excluding carboxylic acids is 1. The summed E-state index contributed by atoms with van der Waals surface area (Å²) in [7, 11) is 1.80. The van der Waals surface area contributed by atoms with Crippen molar-refractivity contribution in [3.8, 4) is 0 Å². The van der Waals surface area contributed by atoms with Gasteiger partial charge in [-0.3, -0.25) is 9.79 Å². The molecule has 2 N–H and O–H groups in total. The third kappa shape index (κ3) is 7.35. The summed E-state index contributed by atoms with van der Waals surface area (Å²) in [5.74, 6) is 1.47. The summed E-state index contributed by atoms with van der Waals surface area (Å²) in [6, 6.07) is 0.296. The molecule has 6 nitrogen and oxygen atoms in total. The first-order valence-electron chi connectivity index (χ1n) is 11.1. The molecule has 2 saturated carbocycles. The predicted octanol–water partition coefficient (Wildman–Crippen LogP) is 3.30. The lowest BCUT2D eigenvalue weighted by Crippen LogP contribution is -2.46. The molecule has 1 saturated heterocycles. The standard InChI is InChI=1S/C21H38N4O2.HI/c1-22-21(23-13-15-27-19-10-4-2-3-5-11-19)24-18-12-14-25(16-18)20(26)17-8-6-7-9-17;/h17-19H,2-16H2,1H3,(H2,22,23,24);1H. The van der Waals surface area contributed by atoms with E-state index in [0.29, 0.717) is 18.1 Å². The van der Waals surface area contributed by atoms with Crippen LogP contribution in [0.1, 0.15) is 70.6 Å². The molecule has 0 aromatic carbocycles. The zero-order valence-corrected chi connectivity index (χ0v) is 19.8. The van der Waals surface area contributed by atoms with Crippen molar-refractivity contribution in [3.05, 3.63) is 0 Å². The number of likely N-dealkylation sites (tertiary alicyclic amines) is 1. The van der Waals surface area contributed by atoms with Crippen molar-refractivity contribution in [3.63, 3.8) is 0 Å². The van der Waals surface area contributed by atoms with Crippen LogP contribution in [0.4, 0.5) is 0 Å². The van der Waals surface area contributed by atoms with Crippen LogP contribution in [-0.4, -0.2) is 62.2 Å². The number of nitrogens with zero attached hydrogens (tertiary/aromatic N) is 2. The number of aliphatic imine (C=N–C) groups is 1. The van der Waals surface area contributed by atoms with E-state index in [9.17, 15) is 4.79 Å². The quantitative estimate of drug-likeness (QED) is 0.191. The number of nitrogens with one attached hydrogen (secondary N) is 2. The fourth-order valence-electron chi connectivity index (χ4n) is 4.70. The van der Waals surface area contributed by atoms with Gasteiger partial charge in [-0.15, -0.1) is 24.0 Å². The first-order valence-corrected chi connectivity index (χ1v) is 11.1. The van der Waals surface area contributed by atoms with Crippen LogP contribution >= 0.6 is 24.0 Å². The second-order valence-corrected chi connectivity index (χ2v) is 8.38. The largest absolute Gasteiger partial charge is 0.376 e. The van der Waals surface area contributed by atoms with Crippen molar-refractivity contribution in [2.24, 2.45) is 10.9 Å². The van der Waals surface area contributed by atoms with Gasteiger partial charge >= 0.3 is 0 Å². The fraction of sp³-hybridized carbons (Fsp3) is 0.905. The lowest BCUT2D eigenvalue weighted by atomic mass is 10.1. The van der Waals surface area contributed by atoms with Gasteiger partial charge in [-0.25, -0.2) is 0 Å². The van der Waals surface area contributed by atoms with Gasteiger partial charge in [0.1, 0.15) is 0 Å². The van der Waals surface area contributed by atoms with Crippen LogP contribution in [0.2, 0.25) is 0 Å². The molecule has 0 spiro atoms. The van der Waals surface area contributed by atoms with E-state index in [1.807, 2.05) is 0 Å². The van der Waals surface area contributed by atoms with Crippen molar-refractivity contribution in [2.75, 3.05) is 33.3 Å². The Morgan fingerprint density at radius 3 is 2.39 bits per heavy atom. The summed E-state index contributed by atoms with van der Waals surface area (Å²) in [4.78, 5) is 19.0. The number of hydrogen-bond donors (Lipinski definition) is 2. The van der Waals surface area contributed by atoms with Crippen molar-refractivity contribution in [1.82, 2.24) is 15.5 Å². The Labute approximate surface area is 187 Å². The van der Waals surface area contributed by atoms with Gasteiger partial charge < -0.3 is 20.3 Å². The van der Waals surface area contributed by atoms with Crippen LogP contribution in [0.5, 0.6) is 0 Å². The van der Waals surface area contributed by atoms with E-state index in [-0.39, 0.29) is 29.9 Å². The van der Waals surface area contributed by atoms with Crippen molar-refractivity contribution in [1.29, 1.82) is 0 Å². The van der Waals surface area contributed by atoms with E-state index < -0.39 is 0 Å². The third-order valence-corrected chi connectivity index (χ3v) is 6.32. The molecule has 1 amide bonds. The second-order valence-electron chi connectivity index (χ2n) is 8.38. The van der Waals surface area contributed by atoms with E-state index in [2.05, 4.69) is 20.5 Å². The Morgan fingerprint density at radius 2 is 1.71 bits per heavy atom. The van der Waals surface area contributed by atoms with Crippen LogP contribution in [0, 0.1) is 5.92 Å². The van der Waals surface area contributed by atoms with Crippen molar-refractivity contribution >= 4 is 35.8 Å². The van der Waals surface area contributed by atoms with Crippen LogP contribution < -0.4 is 10.6 Å². The first-order chi connectivity index (χ1) is 13.3.